The first-order valence-corrected chi connectivity index (χ1v) is 8.88. The molecule has 130 valence electrons. The zero-order valence-corrected chi connectivity index (χ0v) is 15.1. The van der Waals surface area contributed by atoms with E-state index in [2.05, 4.69) is 49.5 Å². The largest absolute Gasteiger partial charge is 0.360 e. The molecule has 0 amide bonds. The maximum atomic E-state index is 5.48. The third-order valence-electron chi connectivity index (χ3n) is 4.08. The summed E-state index contributed by atoms with van der Waals surface area (Å²) in [4.78, 5) is 13.3. The number of aryl methyl sites for hydroxylation is 1. The summed E-state index contributed by atoms with van der Waals surface area (Å²) in [6, 6.07) is 6.20. The number of nitrogens with two attached hydrogens (primary N) is 1. The van der Waals surface area contributed by atoms with E-state index < -0.39 is 0 Å². The second kappa shape index (κ2) is 6.60. The minimum absolute atomic E-state index is 0.000415. The second-order valence-corrected chi connectivity index (χ2v) is 6.79. The first kappa shape index (κ1) is 16.3. The Morgan fingerprint density at radius 2 is 2.15 bits per heavy atom. The molecule has 1 unspecified atom stereocenters. The van der Waals surface area contributed by atoms with Crippen LogP contribution in [-0.4, -0.2) is 24.7 Å². The zero-order valence-electron chi connectivity index (χ0n) is 14.3. The predicted molar refractivity (Wildman–Crippen MR) is 99.9 cm³/mol. The molecule has 26 heavy (non-hydrogen) atoms. The van der Waals surface area contributed by atoms with Crippen LogP contribution in [0.1, 0.15) is 18.5 Å². The summed E-state index contributed by atoms with van der Waals surface area (Å²) in [6.45, 7) is 2.06. The number of hydrogen-bond acceptors (Lipinski definition) is 7. The predicted octanol–water partition coefficient (Wildman–Crippen LogP) is 2.50. The van der Waals surface area contributed by atoms with E-state index >= 15 is 0 Å². The van der Waals surface area contributed by atoms with Crippen LogP contribution in [0, 0.1) is 0 Å². The molecule has 9 heteroatoms. The SMILES string of the molecule is CC(Nc1nc(-c2cnn(C)c2)cnc1N=[NH2+])c1ccc2ncsc2c1. The molecule has 4 aromatic rings. The van der Waals surface area contributed by atoms with Crippen molar-refractivity contribution < 1.29 is 5.53 Å². The molecule has 3 heterocycles. The lowest BCUT2D eigenvalue weighted by molar-refractivity contribution is -0.210. The van der Waals surface area contributed by atoms with E-state index in [-0.39, 0.29) is 6.04 Å². The Morgan fingerprint density at radius 3 is 2.92 bits per heavy atom. The summed E-state index contributed by atoms with van der Waals surface area (Å²) in [5.41, 5.74) is 11.0. The van der Waals surface area contributed by atoms with Crippen LogP contribution in [0.4, 0.5) is 11.6 Å². The number of aromatic nitrogens is 5. The summed E-state index contributed by atoms with van der Waals surface area (Å²) in [6.07, 6.45) is 5.27. The number of rotatable bonds is 5. The molecule has 4 rings (SSSR count). The lowest BCUT2D eigenvalue weighted by Gasteiger charge is -2.15. The molecule has 0 aliphatic carbocycles. The summed E-state index contributed by atoms with van der Waals surface area (Å²) < 4.78 is 2.87. The van der Waals surface area contributed by atoms with Gasteiger partial charge < -0.3 is 5.32 Å². The molecule has 0 saturated carbocycles. The van der Waals surface area contributed by atoms with E-state index in [0.717, 1.165) is 21.3 Å². The molecule has 1 aromatic carbocycles. The Kier molecular flexibility index (Phi) is 4.13. The summed E-state index contributed by atoms with van der Waals surface area (Å²) in [7, 11) is 1.86. The average molecular weight is 365 g/mol. The van der Waals surface area contributed by atoms with Gasteiger partial charge in [0.15, 0.2) is 5.82 Å². The normalized spacial score (nSPS) is 12.2. The van der Waals surface area contributed by atoms with Gasteiger partial charge in [0.05, 0.1) is 39.9 Å². The van der Waals surface area contributed by atoms with Gasteiger partial charge in [-0.15, -0.1) is 11.3 Å². The first-order valence-electron chi connectivity index (χ1n) is 8.00. The number of nitrogens with zero attached hydrogens (tertiary/aromatic N) is 6. The fourth-order valence-electron chi connectivity index (χ4n) is 2.70. The molecule has 3 N–H and O–H groups in total. The summed E-state index contributed by atoms with van der Waals surface area (Å²) >= 11 is 1.62. The second-order valence-electron chi connectivity index (χ2n) is 5.90. The highest BCUT2D eigenvalue weighted by molar-refractivity contribution is 7.16. The highest BCUT2D eigenvalue weighted by Crippen LogP contribution is 2.29. The van der Waals surface area contributed by atoms with E-state index in [0.29, 0.717) is 17.3 Å². The van der Waals surface area contributed by atoms with Gasteiger partial charge in [0.1, 0.15) is 0 Å². The van der Waals surface area contributed by atoms with E-state index in [1.54, 1.807) is 28.4 Å². The summed E-state index contributed by atoms with van der Waals surface area (Å²) in [5, 5.41) is 11.3. The van der Waals surface area contributed by atoms with Crippen LogP contribution in [0.25, 0.3) is 21.5 Å². The van der Waals surface area contributed by atoms with Crippen LogP contribution in [0.2, 0.25) is 0 Å². The Morgan fingerprint density at radius 1 is 1.27 bits per heavy atom. The van der Waals surface area contributed by atoms with Gasteiger partial charge in [-0.05, 0) is 24.6 Å². The van der Waals surface area contributed by atoms with Crippen molar-refractivity contribution in [2.24, 2.45) is 12.2 Å². The lowest BCUT2D eigenvalue weighted by Crippen LogP contribution is -2.23. The van der Waals surface area contributed by atoms with Gasteiger partial charge in [0.2, 0.25) is 0 Å². The summed E-state index contributed by atoms with van der Waals surface area (Å²) in [5.74, 6) is 0.897. The van der Waals surface area contributed by atoms with Crippen molar-refractivity contribution in [1.82, 2.24) is 24.7 Å². The van der Waals surface area contributed by atoms with Gasteiger partial charge in [-0.2, -0.15) is 10.6 Å². The van der Waals surface area contributed by atoms with Gasteiger partial charge in [0, 0.05) is 23.9 Å². The Bertz CT molecular complexity index is 1080. The van der Waals surface area contributed by atoms with Crippen molar-refractivity contribution >= 4 is 33.2 Å². The molecule has 0 saturated heterocycles. The van der Waals surface area contributed by atoms with E-state index in [9.17, 15) is 0 Å². The number of nitrogens with one attached hydrogen (secondary N) is 1. The number of benzene rings is 1. The van der Waals surface area contributed by atoms with Crippen molar-refractivity contribution in [3.63, 3.8) is 0 Å². The van der Waals surface area contributed by atoms with Gasteiger partial charge in [-0.25, -0.2) is 15.0 Å². The maximum Gasteiger partial charge on any atom is 0.261 e. The highest BCUT2D eigenvalue weighted by atomic mass is 32.1. The molecule has 0 bridgehead atoms. The Balaban J connectivity index is 1.66. The number of anilines is 1. The number of thiazole rings is 1. The molecule has 0 fully saturated rings. The van der Waals surface area contributed by atoms with Crippen molar-refractivity contribution in [3.8, 4) is 11.3 Å². The monoisotopic (exact) mass is 365 g/mol. The molecule has 8 nitrogen and oxygen atoms in total. The molecule has 0 spiro atoms. The number of hydrogen-bond donors (Lipinski definition) is 2. The smallest absolute Gasteiger partial charge is 0.261 e. The topological polar surface area (TPSA) is 106 Å². The minimum Gasteiger partial charge on any atom is -0.360 e. The minimum atomic E-state index is 0.000415. The van der Waals surface area contributed by atoms with Gasteiger partial charge in [0.25, 0.3) is 5.82 Å². The fourth-order valence-corrected chi connectivity index (χ4v) is 3.42. The van der Waals surface area contributed by atoms with E-state index in [1.807, 2.05) is 24.8 Å². The standard InChI is InChI=1S/C17H16N8S/c1-10(11-3-4-13-15(5-11)26-9-20-13)22-17-16(24-18)19-7-14(23-17)12-6-21-25(2)8-12/h3-10,18H,1-2H3,(H,22,23)/p+1. The molecule has 0 aliphatic heterocycles. The average Bonchev–Trinajstić information content (AvgIpc) is 3.29. The lowest BCUT2D eigenvalue weighted by atomic mass is 10.1. The third-order valence-corrected chi connectivity index (χ3v) is 4.88. The van der Waals surface area contributed by atoms with Crippen LogP contribution >= 0.6 is 11.3 Å². The van der Waals surface area contributed by atoms with Gasteiger partial charge in [-0.3, -0.25) is 4.68 Å². The molecule has 3 aromatic heterocycles. The van der Waals surface area contributed by atoms with Crippen molar-refractivity contribution in [1.29, 1.82) is 0 Å². The van der Waals surface area contributed by atoms with Crippen LogP contribution in [0.15, 0.2) is 47.4 Å². The number of fused-ring (bicyclic) bond motifs is 1. The van der Waals surface area contributed by atoms with E-state index in [1.165, 1.54) is 0 Å². The quantitative estimate of drug-likeness (QED) is 0.529. The molecule has 0 aliphatic rings. The van der Waals surface area contributed by atoms with E-state index in [4.69, 9.17) is 5.53 Å². The fraction of sp³-hybridized carbons (Fsp3) is 0.176. The molecule has 1 atom stereocenters. The molecule has 0 radical (unpaired) electrons. The van der Waals surface area contributed by atoms with Gasteiger partial charge in [-0.1, -0.05) is 6.07 Å². The van der Waals surface area contributed by atoms with Crippen molar-refractivity contribution in [3.05, 3.63) is 47.9 Å². The van der Waals surface area contributed by atoms with Crippen LogP contribution < -0.4 is 10.8 Å². The van der Waals surface area contributed by atoms with Gasteiger partial charge >= 0.3 is 0 Å². The molecular formula is C17H17N8S+. The van der Waals surface area contributed by atoms with Crippen LogP contribution in [0.5, 0.6) is 0 Å². The van der Waals surface area contributed by atoms with Crippen LogP contribution in [-0.2, 0) is 7.05 Å². The Labute approximate surface area is 153 Å². The maximum absolute atomic E-state index is 5.48. The third kappa shape index (κ3) is 3.04. The molecular weight excluding hydrogens is 348 g/mol. The Hall–Kier alpha value is -3.20. The highest BCUT2D eigenvalue weighted by Gasteiger charge is 2.15. The van der Waals surface area contributed by atoms with Crippen LogP contribution in [0.3, 0.4) is 0 Å². The van der Waals surface area contributed by atoms with Crippen molar-refractivity contribution in [2.45, 2.75) is 13.0 Å². The van der Waals surface area contributed by atoms with Crippen molar-refractivity contribution in [2.75, 3.05) is 5.32 Å². The first-order chi connectivity index (χ1) is 12.6. The zero-order chi connectivity index (χ0) is 18.1.